The van der Waals surface area contributed by atoms with Crippen LogP contribution in [0.1, 0.15) is 31.2 Å². The van der Waals surface area contributed by atoms with Gasteiger partial charge in [0.2, 0.25) is 11.7 Å². The summed E-state index contributed by atoms with van der Waals surface area (Å²) < 4.78 is 7.88. The number of aromatic nitrogens is 2. The van der Waals surface area contributed by atoms with Crippen molar-refractivity contribution in [3.05, 3.63) is 70.5 Å². The van der Waals surface area contributed by atoms with Crippen LogP contribution in [0.5, 0.6) is 0 Å². The van der Waals surface area contributed by atoms with Gasteiger partial charge in [-0.2, -0.15) is 4.98 Å². The van der Waals surface area contributed by atoms with E-state index in [-0.39, 0.29) is 11.1 Å². The molecule has 1 aliphatic heterocycles. The molecule has 34 heavy (non-hydrogen) atoms. The van der Waals surface area contributed by atoms with Gasteiger partial charge in [0.25, 0.3) is 5.56 Å². The molecule has 7 heteroatoms. The minimum atomic E-state index is -0.417. The van der Waals surface area contributed by atoms with Gasteiger partial charge in [0.05, 0.1) is 6.10 Å². The quantitative estimate of drug-likeness (QED) is 0.485. The predicted octanol–water partition coefficient (Wildman–Crippen LogP) is 3.77. The van der Waals surface area contributed by atoms with Gasteiger partial charge in [0.15, 0.2) is 0 Å². The van der Waals surface area contributed by atoms with Crippen LogP contribution in [0.2, 0.25) is 0 Å². The molecule has 6 rings (SSSR count). The highest BCUT2D eigenvalue weighted by Gasteiger charge is 2.34. The summed E-state index contributed by atoms with van der Waals surface area (Å²) in [5.74, 6) is 1.13. The van der Waals surface area contributed by atoms with Crippen molar-refractivity contribution in [3.63, 3.8) is 0 Å². The summed E-state index contributed by atoms with van der Waals surface area (Å²) in [6.07, 6.45) is 3.40. The Morgan fingerprint density at radius 3 is 2.44 bits per heavy atom. The number of nitrogens with zero attached hydrogens (tertiary/aromatic N) is 3. The maximum Gasteiger partial charge on any atom is 0.266 e. The number of hydrogen-bond donors (Lipinski definition) is 2. The predicted molar refractivity (Wildman–Crippen MR) is 133 cm³/mol. The van der Waals surface area contributed by atoms with Crippen LogP contribution in [0.15, 0.2) is 63.8 Å². The van der Waals surface area contributed by atoms with Crippen LogP contribution in [0.25, 0.3) is 33.6 Å². The van der Waals surface area contributed by atoms with Crippen LogP contribution in [-0.4, -0.2) is 33.9 Å². The first kappa shape index (κ1) is 21.1. The van der Waals surface area contributed by atoms with Crippen LogP contribution in [-0.2, 0) is 12.6 Å². The number of nitrogens with two attached hydrogens (primary N) is 1. The molecule has 0 unspecified atom stereocenters. The van der Waals surface area contributed by atoms with Crippen LogP contribution in [0.3, 0.4) is 0 Å². The Morgan fingerprint density at radius 1 is 1.09 bits per heavy atom. The summed E-state index contributed by atoms with van der Waals surface area (Å²) in [4.78, 5) is 20.3. The molecule has 7 nitrogen and oxygen atoms in total. The van der Waals surface area contributed by atoms with Crippen molar-refractivity contribution in [3.8, 4) is 22.5 Å². The van der Waals surface area contributed by atoms with Crippen molar-refractivity contribution in [2.45, 2.75) is 37.3 Å². The number of aliphatic hydroxyl groups excluding tert-OH is 1. The molecule has 1 aliphatic carbocycles. The number of benzene rings is 2. The van der Waals surface area contributed by atoms with E-state index < -0.39 is 6.10 Å². The van der Waals surface area contributed by atoms with Crippen LogP contribution in [0, 0.1) is 0 Å². The number of rotatable bonds is 4. The number of aliphatic hydroxyl groups is 1. The average Bonchev–Trinajstić information content (AvgIpc) is 3.44. The zero-order chi connectivity index (χ0) is 23.4. The Balaban J connectivity index is 1.55. The van der Waals surface area contributed by atoms with E-state index >= 15 is 0 Å². The maximum atomic E-state index is 13.6. The monoisotopic (exact) mass is 456 g/mol. The van der Waals surface area contributed by atoms with E-state index in [1.807, 2.05) is 47.4 Å². The standard InChI is InChI=1S/C27H28N4O3/c1-30-25(33)22-21(17-6-3-2-4-7-17)23(18-8-10-19(11-9-18)27(28)13-5-14-27)34-24(22)29-26(30)31-15-12-20(32)16-31/h2-4,6-11,20,32H,5,12-16,28H2,1H3/t20-/m1/s1. The molecule has 174 valence electrons. The second kappa shape index (κ2) is 7.82. The summed E-state index contributed by atoms with van der Waals surface area (Å²) >= 11 is 0. The lowest BCUT2D eigenvalue weighted by Gasteiger charge is -2.38. The smallest absolute Gasteiger partial charge is 0.266 e. The van der Waals surface area contributed by atoms with E-state index in [4.69, 9.17) is 15.1 Å². The van der Waals surface area contributed by atoms with E-state index in [2.05, 4.69) is 12.1 Å². The molecule has 1 atom stereocenters. The fraction of sp³-hybridized carbons (Fsp3) is 0.333. The zero-order valence-electron chi connectivity index (χ0n) is 19.2. The molecule has 0 spiro atoms. The van der Waals surface area contributed by atoms with Crippen LogP contribution in [0.4, 0.5) is 5.95 Å². The molecule has 2 aromatic heterocycles. The molecule has 0 radical (unpaired) electrons. The summed E-state index contributed by atoms with van der Waals surface area (Å²) in [6.45, 7) is 1.10. The fourth-order valence-electron chi connectivity index (χ4n) is 5.21. The molecule has 0 amide bonds. The third-order valence-electron chi connectivity index (χ3n) is 7.39. The van der Waals surface area contributed by atoms with Gasteiger partial charge in [-0.1, -0.05) is 54.6 Å². The Morgan fingerprint density at radius 2 is 1.82 bits per heavy atom. The third-order valence-corrected chi connectivity index (χ3v) is 7.39. The Hall–Kier alpha value is -3.42. The van der Waals surface area contributed by atoms with Crippen molar-refractivity contribution >= 4 is 17.0 Å². The number of β-amino-alcohol motifs (C(OH)–C–C–N with tert-alkyl or cyclic N) is 1. The van der Waals surface area contributed by atoms with E-state index in [1.165, 1.54) is 0 Å². The van der Waals surface area contributed by atoms with E-state index in [1.54, 1.807) is 11.6 Å². The van der Waals surface area contributed by atoms with Gasteiger partial charge in [-0.25, -0.2) is 0 Å². The van der Waals surface area contributed by atoms with Gasteiger partial charge in [-0.15, -0.1) is 0 Å². The van der Waals surface area contributed by atoms with Gasteiger partial charge in [0, 0.05) is 36.8 Å². The number of fused-ring (bicyclic) bond motifs is 1. The molecule has 3 heterocycles. The van der Waals surface area contributed by atoms with Crippen molar-refractivity contribution < 1.29 is 9.52 Å². The molecule has 2 fully saturated rings. The summed E-state index contributed by atoms with van der Waals surface area (Å²) in [5.41, 5.74) is 10.1. The molecule has 1 saturated carbocycles. The number of hydrogen-bond acceptors (Lipinski definition) is 6. The van der Waals surface area contributed by atoms with Gasteiger partial charge in [0.1, 0.15) is 11.1 Å². The van der Waals surface area contributed by atoms with Crippen LogP contribution >= 0.6 is 0 Å². The first-order valence-corrected chi connectivity index (χ1v) is 11.9. The van der Waals surface area contributed by atoms with Crippen molar-refractivity contribution in [1.29, 1.82) is 0 Å². The van der Waals surface area contributed by atoms with Gasteiger partial charge >= 0.3 is 0 Å². The van der Waals surface area contributed by atoms with Crippen LogP contribution < -0.4 is 16.2 Å². The normalized spacial score (nSPS) is 19.5. The summed E-state index contributed by atoms with van der Waals surface area (Å²) in [6, 6.07) is 18.0. The first-order chi connectivity index (χ1) is 16.4. The third kappa shape index (κ3) is 3.27. The van der Waals surface area contributed by atoms with Crippen molar-refractivity contribution in [2.24, 2.45) is 12.8 Å². The van der Waals surface area contributed by atoms with Crippen molar-refractivity contribution in [1.82, 2.24) is 9.55 Å². The minimum Gasteiger partial charge on any atom is -0.437 e. The molecule has 4 aromatic rings. The Labute approximate surface area is 197 Å². The fourth-order valence-corrected chi connectivity index (χ4v) is 5.21. The number of furan rings is 1. The van der Waals surface area contributed by atoms with E-state index in [0.29, 0.717) is 42.3 Å². The van der Waals surface area contributed by atoms with E-state index in [0.717, 1.165) is 41.5 Å². The lowest BCUT2D eigenvalue weighted by Crippen LogP contribution is -2.43. The lowest BCUT2D eigenvalue weighted by molar-refractivity contribution is 0.198. The highest BCUT2D eigenvalue weighted by molar-refractivity contribution is 6.00. The molecule has 0 bridgehead atoms. The highest BCUT2D eigenvalue weighted by Crippen LogP contribution is 2.42. The summed E-state index contributed by atoms with van der Waals surface area (Å²) in [5, 5.41) is 10.5. The van der Waals surface area contributed by atoms with Gasteiger partial charge in [-0.05, 0) is 36.8 Å². The molecular weight excluding hydrogens is 428 g/mol. The minimum absolute atomic E-state index is 0.165. The second-order valence-electron chi connectivity index (χ2n) is 9.60. The highest BCUT2D eigenvalue weighted by atomic mass is 16.3. The molecule has 3 N–H and O–H groups in total. The molecule has 2 aliphatic rings. The zero-order valence-corrected chi connectivity index (χ0v) is 19.2. The van der Waals surface area contributed by atoms with Gasteiger partial charge in [-0.3, -0.25) is 9.36 Å². The first-order valence-electron chi connectivity index (χ1n) is 11.9. The summed E-state index contributed by atoms with van der Waals surface area (Å²) in [7, 11) is 1.73. The SMILES string of the molecule is Cn1c(N2CC[C@@H](O)C2)nc2oc(-c3ccc(C4(N)CCC4)cc3)c(-c3ccccc3)c2c1=O. The maximum absolute atomic E-state index is 13.6. The Kier molecular flexibility index (Phi) is 4.86. The van der Waals surface area contributed by atoms with E-state index in [9.17, 15) is 9.90 Å². The molecule has 1 saturated heterocycles. The second-order valence-corrected chi connectivity index (χ2v) is 9.60. The average molecular weight is 457 g/mol. The molecule has 2 aromatic carbocycles. The number of anilines is 1. The van der Waals surface area contributed by atoms with Crippen molar-refractivity contribution in [2.75, 3.05) is 18.0 Å². The molecular formula is C27H28N4O3. The largest absolute Gasteiger partial charge is 0.437 e. The Bertz CT molecular complexity index is 1420. The topological polar surface area (TPSA) is 97.5 Å². The lowest BCUT2D eigenvalue weighted by atomic mass is 9.72. The van der Waals surface area contributed by atoms with Gasteiger partial charge < -0.3 is 20.2 Å².